The van der Waals surface area contributed by atoms with E-state index < -0.39 is 0 Å². The summed E-state index contributed by atoms with van der Waals surface area (Å²) in [5.74, 6) is 0.0271. The first kappa shape index (κ1) is 18.5. The number of urea groups is 1. The molecule has 1 fully saturated rings. The lowest BCUT2D eigenvalue weighted by atomic mass is 10.1. The number of amides is 3. The van der Waals surface area contributed by atoms with Crippen LogP contribution in [0.1, 0.15) is 64.2 Å². The van der Waals surface area contributed by atoms with E-state index in [1.165, 1.54) is 25.7 Å². The number of carbonyl (C=O) groups is 2. The number of hydrogen-bond acceptors (Lipinski definition) is 2. The third-order valence-corrected chi connectivity index (χ3v) is 3.94. The molecule has 0 aliphatic carbocycles. The SMILES string of the molecule is C=CCCCCCCCCNC(=O)N[C@H]1CCCNC(=O)C1. The highest BCUT2D eigenvalue weighted by molar-refractivity contribution is 5.79. The van der Waals surface area contributed by atoms with Gasteiger partial charge in [-0.15, -0.1) is 6.58 Å². The Morgan fingerprint density at radius 1 is 1.23 bits per heavy atom. The van der Waals surface area contributed by atoms with E-state index in [1.807, 2.05) is 6.08 Å². The lowest BCUT2D eigenvalue weighted by molar-refractivity contribution is -0.121. The Hall–Kier alpha value is -1.52. The molecular formula is C17H31N3O2. The Kier molecular flexibility index (Phi) is 10.2. The molecule has 22 heavy (non-hydrogen) atoms. The third kappa shape index (κ3) is 9.42. The second-order valence-corrected chi connectivity index (χ2v) is 5.99. The van der Waals surface area contributed by atoms with E-state index in [2.05, 4.69) is 22.5 Å². The summed E-state index contributed by atoms with van der Waals surface area (Å²) >= 11 is 0. The number of unbranched alkanes of at least 4 members (excludes halogenated alkanes) is 6. The van der Waals surface area contributed by atoms with Crippen LogP contribution in [-0.4, -0.2) is 31.1 Å². The molecule has 3 amide bonds. The average Bonchev–Trinajstić information content (AvgIpc) is 2.69. The van der Waals surface area contributed by atoms with Crippen LogP contribution in [0.15, 0.2) is 12.7 Å². The van der Waals surface area contributed by atoms with Gasteiger partial charge in [0.25, 0.3) is 0 Å². The number of allylic oxidation sites excluding steroid dienone is 1. The molecule has 0 unspecified atom stereocenters. The minimum Gasteiger partial charge on any atom is -0.356 e. The molecule has 0 aromatic carbocycles. The van der Waals surface area contributed by atoms with E-state index in [4.69, 9.17) is 0 Å². The van der Waals surface area contributed by atoms with Gasteiger partial charge in [-0.05, 0) is 32.1 Å². The van der Waals surface area contributed by atoms with Crippen LogP contribution in [-0.2, 0) is 4.79 Å². The average molecular weight is 309 g/mol. The van der Waals surface area contributed by atoms with Gasteiger partial charge in [0.2, 0.25) is 5.91 Å². The van der Waals surface area contributed by atoms with Gasteiger partial charge < -0.3 is 16.0 Å². The molecule has 1 atom stereocenters. The topological polar surface area (TPSA) is 70.2 Å². The standard InChI is InChI=1S/C17H31N3O2/c1-2-3-4-5-6-7-8-9-12-19-17(22)20-15-11-10-13-18-16(21)14-15/h2,15H,1,3-14H2,(H,18,21)(H2,19,20,22)/t15-/m0/s1. The molecule has 0 bridgehead atoms. The van der Waals surface area contributed by atoms with Crippen molar-refractivity contribution in [3.8, 4) is 0 Å². The van der Waals surface area contributed by atoms with E-state index in [-0.39, 0.29) is 18.0 Å². The van der Waals surface area contributed by atoms with Crippen LogP contribution in [0.5, 0.6) is 0 Å². The smallest absolute Gasteiger partial charge is 0.315 e. The van der Waals surface area contributed by atoms with Gasteiger partial charge in [0.15, 0.2) is 0 Å². The number of rotatable bonds is 10. The molecule has 0 spiro atoms. The molecule has 126 valence electrons. The van der Waals surface area contributed by atoms with Gasteiger partial charge in [0, 0.05) is 25.6 Å². The van der Waals surface area contributed by atoms with E-state index in [0.717, 1.165) is 32.1 Å². The monoisotopic (exact) mass is 309 g/mol. The van der Waals surface area contributed by atoms with Gasteiger partial charge in [-0.1, -0.05) is 31.8 Å². The van der Waals surface area contributed by atoms with Crippen LogP contribution in [0.3, 0.4) is 0 Å². The van der Waals surface area contributed by atoms with E-state index >= 15 is 0 Å². The van der Waals surface area contributed by atoms with Crippen LogP contribution in [0, 0.1) is 0 Å². The summed E-state index contributed by atoms with van der Waals surface area (Å²) in [6, 6.07) is -0.182. The number of nitrogens with one attached hydrogen (secondary N) is 3. The molecule has 0 radical (unpaired) electrons. The summed E-state index contributed by atoms with van der Waals surface area (Å²) in [5, 5.41) is 8.59. The van der Waals surface area contributed by atoms with Crippen molar-refractivity contribution in [3.63, 3.8) is 0 Å². The molecular weight excluding hydrogens is 278 g/mol. The minimum absolute atomic E-state index is 0.0271. The Morgan fingerprint density at radius 3 is 2.73 bits per heavy atom. The van der Waals surface area contributed by atoms with Gasteiger partial charge in [-0.25, -0.2) is 4.79 Å². The van der Waals surface area contributed by atoms with Crippen LogP contribution in [0.4, 0.5) is 4.79 Å². The molecule has 0 aromatic rings. The Labute approximate surface area is 134 Å². The molecule has 5 heteroatoms. The van der Waals surface area contributed by atoms with Crippen LogP contribution >= 0.6 is 0 Å². The summed E-state index contributed by atoms with van der Waals surface area (Å²) in [6.45, 7) is 5.14. The van der Waals surface area contributed by atoms with Gasteiger partial charge in [0.05, 0.1) is 0 Å². The van der Waals surface area contributed by atoms with Gasteiger partial charge in [-0.3, -0.25) is 4.79 Å². The summed E-state index contributed by atoms with van der Waals surface area (Å²) in [6.07, 6.45) is 12.4. The van der Waals surface area contributed by atoms with Crippen molar-refractivity contribution in [1.82, 2.24) is 16.0 Å². The maximum absolute atomic E-state index is 11.8. The zero-order valence-corrected chi connectivity index (χ0v) is 13.7. The first-order valence-electron chi connectivity index (χ1n) is 8.64. The normalized spacial score (nSPS) is 18.2. The van der Waals surface area contributed by atoms with Crippen molar-refractivity contribution in [1.29, 1.82) is 0 Å². The highest BCUT2D eigenvalue weighted by Gasteiger charge is 2.18. The minimum atomic E-state index is -0.148. The summed E-state index contributed by atoms with van der Waals surface area (Å²) in [5.41, 5.74) is 0. The first-order valence-corrected chi connectivity index (χ1v) is 8.64. The molecule has 3 N–H and O–H groups in total. The van der Waals surface area contributed by atoms with Crippen molar-refractivity contribution in [2.75, 3.05) is 13.1 Å². The molecule has 1 saturated heterocycles. The molecule has 1 heterocycles. The second kappa shape index (κ2) is 12.1. The molecule has 1 rings (SSSR count). The van der Waals surface area contributed by atoms with Crippen molar-refractivity contribution in [3.05, 3.63) is 12.7 Å². The van der Waals surface area contributed by atoms with Gasteiger partial charge in [-0.2, -0.15) is 0 Å². The van der Waals surface area contributed by atoms with Crippen LogP contribution in [0.2, 0.25) is 0 Å². The van der Waals surface area contributed by atoms with E-state index in [9.17, 15) is 9.59 Å². The molecule has 0 aromatic heterocycles. The molecule has 5 nitrogen and oxygen atoms in total. The zero-order valence-electron chi connectivity index (χ0n) is 13.7. The van der Waals surface area contributed by atoms with Crippen molar-refractivity contribution in [2.45, 2.75) is 70.3 Å². The van der Waals surface area contributed by atoms with Crippen LogP contribution in [0.25, 0.3) is 0 Å². The number of carbonyl (C=O) groups excluding carboxylic acids is 2. The molecule has 1 aliphatic heterocycles. The fourth-order valence-corrected chi connectivity index (χ4v) is 2.66. The van der Waals surface area contributed by atoms with Crippen molar-refractivity contribution in [2.24, 2.45) is 0 Å². The van der Waals surface area contributed by atoms with E-state index in [1.54, 1.807) is 0 Å². The fraction of sp³-hybridized carbons (Fsp3) is 0.765. The largest absolute Gasteiger partial charge is 0.356 e. The fourth-order valence-electron chi connectivity index (χ4n) is 2.66. The third-order valence-electron chi connectivity index (χ3n) is 3.94. The Bertz CT molecular complexity index is 345. The quantitative estimate of drug-likeness (QED) is 0.429. The summed E-state index contributed by atoms with van der Waals surface area (Å²) in [4.78, 5) is 23.2. The van der Waals surface area contributed by atoms with Gasteiger partial charge >= 0.3 is 6.03 Å². The first-order chi connectivity index (χ1) is 10.7. The van der Waals surface area contributed by atoms with E-state index in [0.29, 0.717) is 19.5 Å². The van der Waals surface area contributed by atoms with Crippen molar-refractivity contribution < 1.29 is 9.59 Å². The lowest BCUT2D eigenvalue weighted by Crippen LogP contribution is -2.43. The molecule has 0 saturated carbocycles. The Morgan fingerprint density at radius 2 is 1.95 bits per heavy atom. The zero-order chi connectivity index (χ0) is 16.0. The Balaban J connectivity index is 1.96. The summed E-state index contributed by atoms with van der Waals surface area (Å²) < 4.78 is 0. The highest BCUT2D eigenvalue weighted by Crippen LogP contribution is 2.07. The second-order valence-electron chi connectivity index (χ2n) is 5.99. The predicted molar refractivity (Wildman–Crippen MR) is 89.7 cm³/mol. The maximum Gasteiger partial charge on any atom is 0.315 e. The summed E-state index contributed by atoms with van der Waals surface area (Å²) in [7, 11) is 0. The lowest BCUT2D eigenvalue weighted by Gasteiger charge is -2.15. The van der Waals surface area contributed by atoms with Crippen molar-refractivity contribution >= 4 is 11.9 Å². The highest BCUT2D eigenvalue weighted by atomic mass is 16.2. The van der Waals surface area contributed by atoms with Gasteiger partial charge in [0.1, 0.15) is 0 Å². The predicted octanol–water partition coefficient (Wildman–Crippen LogP) is 2.87. The maximum atomic E-state index is 11.8. The molecule has 1 aliphatic rings. The number of hydrogen-bond donors (Lipinski definition) is 3. The van der Waals surface area contributed by atoms with Crippen LogP contribution < -0.4 is 16.0 Å².